The fourth-order valence-electron chi connectivity index (χ4n) is 6.84. The van der Waals surface area contributed by atoms with Gasteiger partial charge in [-0.1, -0.05) is 43.6 Å². The van der Waals surface area contributed by atoms with E-state index in [1.54, 1.807) is 0 Å². The molecule has 0 unspecified atom stereocenters. The molecule has 2 fully saturated rings. The summed E-state index contributed by atoms with van der Waals surface area (Å²) in [5.41, 5.74) is 4.73. The Labute approximate surface area is 287 Å². The molecule has 12 heteroatoms. The number of aliphatic hydroxyl groups excluding tert-OH is 1. The molecule has 1 aromatic carbocycles. The average Bonchev–Trinajstić information content (AvgIpc) is 3.06. The lowest BCUT2D eigenvalue weighted by molar-refractivity contribution is -0.160. The Kier molecular flexibility index (Phi) is 9.86. The number of carboxylic acids is 1. The molecule has 48 heavy (non-hydrogen) atoms. The Morgan fingerprint density at radius 3 is 2.42 bits per heavy atom. The number of aromatic nitrogens is 3. The van der Waals surface area contributed by atoms with Crippen LogP contribution in [0.3, 0.4) is 0 Å². The van der Waals surface area contributed by atoms with E-state index >= 15 is 0 Å². The Morgan fingerprint density at radius 1 is 1.02 bits per heavy atom. The highest BCUT2D eigenvalue weighted by molar-refractivity contribution is 6.31. The van der Waals surface area contributed by atoms with Crippen LogP contribution in [-0.4, -0.2) is 82.7 Å². The van der Waals surface area contributed by atoms with Gasteiger partial charge in [0.2, 0.25) is 5.95 Å². The van der Waals surface area contributed by atoms with Crippen molar-refractivity contribution in [2.45, 2.75) is 78.7 Å². The molecule has 3 aliphatic heterocycles. The summed E-state index contributed by atoms with van der Waals surface area (Å²) in [5, 5.41) is 21.1. The molecular formula is C36H47ClN6O5. The van der Waals surface area contributed by atoms with Gasteiger partial charge in [-0.2, -0.15) is 4.98 Å². The zero-order valence-electron chi connectivity index (χ0n) is 28.6. The predicted molar refractivity (Wildman–Crippen MR) is 187 cm³/mol. The summed E-state index contributed by atoms with van der Waals surface area (Å²) >= 11 is 6.85. The SMILES string of the molecule is CC1(C)CCN(c2c(-c3ccc4c(c3)CCN(c3nccc(N5CCOCC5)n3)C4)c(CO)nc(Cl)c2[C@H](OC(C)(C)C)C(=O)O)CC1. The van der Waals surface area contributed by atoms with Crippen molar-refractivity contribution >= 4 is 35.0 Å². The van der Waals surface area contributed by atoms with Crippen LogP contribution in [0.2, 0.25) is 5.15 Å². The van der Waals surface area contributed by atoms with Crippen LogP contribution in [0.4, 0.5) is 17.5 Å². The number of carboxylic acid groups (broad SMARTS) is 1. The van der Waals surface area contributed by atoms with Gasteiger partial charge in [0.1, 0.15) is 11.0 Å². The second-order valence-corrected chi connectivity index (χ2v) is 15.1. The number of aliphatic hydroxyl groups is 1. The molecular weight excluding hydrogens is 632 g/mol. The second kappa shape index (κ2) is 13.8. The average molecular weight is 679 g/mol. The van der Waals surface area contributed by atoms with Crippen LogP contribution in [0.1, 0.15) is 75.9 Å². The highest BCUT2D eigenvalue weighted by atomic mass is 35.5. The van der Waals surface area contributed by atoms with Crippen LogP contribution in [0.15, 0.2) is 30.5 Å². The standard InChI is InChI=1S/C36H47ClN6O5/c1-35(2,3)48-31(33(45)46)29-30(42-14-10-36(4,5)11-15-42)28(26(22-44)39-32(29)37)24-6-7-25-21-43(13-9-23(25)20-24)34-38-12-8-27(40-34)41-16-18-47-19-17-41/h6-8,12,20,31,44H,9-11,13-19,21-22H2,1-5H3,(H,45,46)/t31-/m0/s1. The molecule has 0 amide bonds. The lowest BCUT2D eigenvalue weighted by atomic mass is 9.82. The molecule has 3 aromatic rings. The van der Waals surface area contributed by atoms with Crippen molar-refractivity contribution < 1.29 is 24.5 Å². The number of hydrogen-bond donors (Lipinski definition) is 2. The quantitative estimate of drug-likeness (QED) is 0.287. The van der Waals surface area contributed by atoms with Gasteiger partial charge in [0, 0.05) is 51.0 Å². The van der Waals surface area contributed by atoms with Crippen LogP contribution < -0.4 is 14.7 Å². The lowest BCUT2D eigenvalue weighted by Crippen LogP contribution is -2.39. The molecule has 11 nitrogen and oxygen atoms in total. The third-order valence-corrected chi connectivity index (χ3v) is 9.82. The second-order valence-electron chi connectivity index (χ2n) is 14.7. The number of rotatable bonds is 8. The normalized spacial score (nSPS) is 18.9. The van der Waals surface area contributed by atoms with Gasteiger partial charge < -0.3 is 34.4 Å². The zero-order valence-corrected chi connectivity index (χ0v) is 29.4. The van der Waals surface area contributed by atoms with Crippen molar-refractivity contribution in [3.8, 4) is 11.1 Å². The summed E-state index contributed by atoms with van der Waals surface area (Å²) in [4.78, 5) is 33.6. The Hall–Kier alpha value is -3.51. The monoisotopic (exact) mass is 678 g/mol. The molecule has 0 radical (unpaired) electrons. The summed E-state index contributed by atoms with van der Waals surface area (Å²) in [6.07, 6.45) is 3.10. The van der Waals surface area contributed by atoms with Gasteiger partial charge in [-0.25, -0.2) is 14.8 Å². The molecule has 0 aliphatic carbocycles. The highest BCUT2D eigenvalue weighted by Gasteiger charge is 2.37. The summed E-state index contributed by atoms with van der Waals surface area (Å²) in [7, 11) is 0. The lowest BCUT2D eigenvalue weighted by Gasteiger charge is -2.41. The predicted octanol–water partition coefficient (Wildman–Crippen LogP) is 5.65. The van der Waals surface area contributed by atoms with E-state index < -0.39 is 17.7 Å². The molecule has 0 saturated carbocycles. The third-order valence-electron chi connectivity index (χ3n) is 9.53. The van der Waals surface area contributed by atoms with E-state index in [9.17, 15) is 15.0 Å². The van der Waals surface area contributed by atoms with Gasteiger partial charge in [0.05, 0.1) is 42.4 Å². The minimum Gasteiger partial charge on any atom is -0.479 e. The van der Waals surface area contributed by atoms with Crippen LogP contribution in [0.25, 0.3) is 11.1 Å². The minimum atomic E-state index is -1.35. The Bertz CT molecular complexity index is 1640. The molecule has 1 atom stereocenters. The summed E-state index contributed by atoms with van der Waals surface area (Å²) in [5.74, 6) is 0.479. The first-order valence-corrected chi connectivity index (χ1v) is 17.2. The number of hydrogen-bond acceptors (Lipinski definition) is 10. The number of anilines is 3. The van der Waals surface area contributed by atoms with E-state index in [0.717, 1.165) is 50.3 Å². The van der Waals surface area contributed by atoms with Crippen molar-refractivity contribution in [2.75, 3.05) is 60.6 Å². The topological polar surface area (TPSA) is 124 Å². The molecule has 6 rings (SSSR count). The van der Waals surface area contributed by atoms with E-state index in [1.165, 1.54) is 11.1 Å². The van der Waals surface area contributed by atoms with E-state index in [-0.39, 0.29) is 17.2 Å². The van der Waals surface area contributed by atoms with E-state index in [1.807, 2.05) is 39.1 Å². The van der Waals surface area contributed by atoms with Gasteiger partial charge in [-0.15, -0.1) is 0 Å². The minimum absolute atomic E-state index is 0.0344. The number of carbonyl (C=O) groups is 1. The molecule has 2 saturated heterocycles. The first-order valence-electron chi connectivity index (χ1n) is 16.8. The van der Waals surface area contributed by atoms with E-state index in [0.29, 0.717) is 61.3 Å². The summed E-state index contributed by atoms with van der Waals surface area (Å²) in [6, 6.07) is 8.26. The smallest absolute Gasteiger partial charge is 0.337 e. The highest BCUT2D eigenvalue weighted by Crippen LogP contribution is 2.47. The van der Waals surface area contributed by atoms with Gasteiger partial charge in [0.25, 0.3) is 0 Å². The largest absolute Gasteiger partial charge is 0.479 e. The maximum atomic E-state index is 12.8. The summed E-state index contributed by atoms with van der Waals surface area (Å²) < 4.78 is 11.7. The maximum absolute atomic E-state index is 12.8. The number of piperidine rings is 1. The number of pyridine rings is 1. The molecule has 2 aromatic heterocycles. The van der Waals surface area contributed by atoms with E-state index in [2.05, 4.69) is 50.6 Å². The molecule has 3 aliphatic rings. The molecule has 0 bridgehead atoms. The number of fused-ring (bicyclic) bond motifs is 1. The number of ether oxygens (including phenoxy) is 2. The van der Waals surface area contributed by atoms with Crippen molar-refractivity contribution in [2.24, 2.45) is 5.41 Å². The fraction of sp³-hybridized carbons (Fsp3) is 0.556. The zero-order chi connectivity index (χ0) is 34.2. The maximum Gasteiger partial charge on any atom is 0.337 e. The van der Waals surface area contributed by atoms with E-state index in [4.69, 9.17) is 26.1 Å². The first-order chi connectivity index (χ1) is 22.8. The molecule has 2 N–H and O–H groups in total. The van der Waals surface area contributed by atoms with Crippen molar-refractivity contribution in [3.05, 3.63) is 58.0 Å². The van der Waals surface area contributed by atoms with Crippen LogP contribution in [0, 0.1) is 5.41 Å². The van der Waals surface area contributed by atoms with Crippen LogP contribution in [-0.2, 0) is 33.8 Å². The number of morpholine rings is 1. The van der Waals surface area contributed by atoms with Gasteiger partial charge >= 0.3 is 5.97 Å². The number of benzene rings is 1. The molecule has 258 valence electrons. The van der Waals surface area contributed by atoms with Crippen molar-refractivity contribution in [1.29, 1.82) is 0 Å². The number of aliphatic carboxylic acids is 1. The molecule has 5 heterocycles. The Morgan fingerprint density at radius 2 is 1.75 bits per heavy atom. The van der Waals surface area contributed by atoms with Crippen LogP contribution in [0.5, 0.6) is 0 Å². The number of nitrogens with zero attached hydrogens (tertiary/aromatic N) is 6. The van der Waals surface area contributed by atoms with Crippen LogP contribution >= 0.6 is 11.6 Å². The van der Waals surface area contributed by atoms with Gasteiger partial charge in [0.15, 0.2) is 6.10 Å². The fourth-order valence-corrected chi connectivity index (χ4v) is 7.13. The van der Waals surface area contributed by atoms with Crippen molar-refractivity contribution in [3.63, 3.8) is 0 Å². The first kappa shape index (κ1) is 34.4. The third kappa shape index (κ3) is 7.39. The Balaban J connectivity index is 1.40. The summed E-state index contributed by atoms with van der Waals surface area (Å²) in [6.45, 7) is 15.5. The van der Waals surface area contributed by atoms with Crippen molar-refractivity contribution in [1.82, 2.24) is 15.0 Å². The molecule has 0 spiro atoms. The number of halogens is 1. The van der Waals surface area contributed by atoms with Gasteiger partial charge in [-0.3, -0.25) is 0 Å². The van der Waals surface area contributed by atoms with Gasteiger partial charge in [-0.05, 0) is 68.2 Å².